The van der Waals surface area contributed by atoms with Gasteiger partial charge in [0.2, 0.25) is 5.91 Å². The average molecular weight is 432 g/mol. The molecule has 0 bridgehead atoms. The van der Waals surface area contributed by atoms with E-state index in [4.69, 9.17) is 4.74 Å². The third kappa shape index (κ3) is 6.60. The molecule has 6 nitrogen and oxygen atoms in total. The SMILES string of the molecule is CCN(CC)C(=O)c1ccc(NC(=O)CNc2ccc(OCc3ccccc3)cc2)cc1. The van der Waals surface area contributed by atoms with Gasteiger partial charge in [-0.1, -0.05) is 30.3 Å². The molecule has 32 heavy (non-hydrogen) atoms. The quantitative estimate of drug-likeness (QED) is 0.484. The molecule has 2 N–H and O–H groups in total. The molecule has 2 amide bonds. The van der Waals surface area contributed by atoms with Crippen LogP contribution in [0.15, 0.2) is 78.9 Å². The highest BCUT2D eigenvalue weighted by atomic mass is 16.5. The Labute approximate surface area is 189 Å². The van der Waals surface area contributed by atoms with Crippen LogP contribution >= 0.6 is 0 Å². The molecule has 0 atom stereocenters. The van der Waals surface area contributed by atoms with Gasteiger partial charge in [-0.2, -0.15) is 0 Å². The van der Waals surface area contributed by atoms with Crippen molar-refractivity contribution in [2.45, 2.75) is 20.5 Å². The van der Waals surface area contributed by atoms with Gasteiger partial charge < -0.3 is 20.3 Å². The van der Waals surface area contributed by atoms with Crippen molar-refractivity contribution in [3.63, 3.8) is 0 Å². The molecule has 0 fully saturated rings. The second kappa shape index (κ2) is 11.6. The van der Waals surface area contributed by atoms with Crippen LogP contribution in [0.25, 0.3) is 0 Å². The van der Waals surface area contributed by atoms with E-state index in [2.05, 4.69) is 10.6 Å². The van der Waals surface area contributed by atoms with Crippen molar-refractivity contribution < 1.29 is 14.3 Å². The predicted octanol–water partition coefficient (Wildman–Crippen LogP) is 4.80. The van der Waals surface area contributed by atoms with Crippen molar-refractivity contribution in [2.24, 2.45) is 0 Å². The smallest absolute Gasteiger partial charge is 0.253 e. The fraction of sp³-hybridized carbons (Fsp3) is 0.231. The number of ether oxygens (including phenoxy) is 1. The van der Waals surface area contributed by atoms with E-state index in [9.17, 15) is 9.59 Å². The normalized spacial score (nSPS) is 10.3. The topological polar surface area (TPSA) is 70.7 Å². The van der Waals surface area contributed by atoms with Crippen LogP contribution in [0.1, 0.15) is 29.8 Å². The molecule has 3 rings (SSSR count). The molecular formula is C26H29N3O3. The molecule has 3 aromatic carbocycles. The van der Waals surface area contributed by atoms with Gasteiger partial charge in [-0.25, -0.2) is 0 Å². The lowest BCUT2D eigenvalue weighted by Crippen LogP contribution is -2.30. The molecule has 166 valence electrons. The Hall–Kier alpha value is -3.80. The first-order valence-electron chi connectivity index (χ1n) is 10.8. The van der Waals surface area contributed by atoms with Gasteiger partial charge in [-0.05, 0) is 67.9 Å². The maximum Gasteiger partial charge on any atom is 0.253 e. The van der Waals surface area contributed by atoms with Crippen LogP contribution in [0, 0.1) is 0 Å². The van der Waals surface area contributed by atoms with Crippen LogP contribution in [-0.2, 0) is 11.4 Å². The number of amides is 2. The van der Waals surface area contributed by atoms with Crippen LogP contribution in [0.5, 0.6) is 5.75 Å². The van der Waals surface area contributed by atoms with Crippen LogP contribution in [-0.4, -0.2) is 36.3 Å². The highest BCUT2D eigenvalue weighted by molar-refractivity contribution is 5.96. The molecule has 3 aromatic rings. The molecular weight excluding hydrogens is 402 g/mol. The molecule has 0 aliphatic heterocycles. The van der Waals surface area contributed by atoms with Crippen LogP contribution in [0.4, 0.5) is 11.4 Å². The summed E-state index contributed by atoms with van der Waals surface area (Å²) < 4.78 is 5.77. The summed E-state index contributed by atoms with van der Waals surface area (Å²) in [5, 5.41) is 5.93. The Kier molecular flexibility index (Phi) is 8.26. The summed E-state index contributed by atoms with van der Waals surface area (Å²) in [6.45, 7) is 5.88. The first-order chi connectivity index (χ1) is 15.6. The maximum atomic E-state index is 12.4. The maximum absolute atomic E-state index is 12.4. The van der Waals surface area contributed by atoms with Crippen molar-refractivity contribution in [1.82, 2.24) is 4.90 Å². The lowest BCUT2D eigenvalue weighted by atomic mass is 10.1. The van der Waals surface area contributed by atoms with Gasteiger partial charge in [0.05, 0.1) is 6.54 Å². The molecule has 0 unspecified atom stereocenters. The van der Waals surface area contributed by atoms with E-state index >= 15 is 0 Å². The first kappa shape index (κ1) is 22.9. The van der Waals surface area contributed by atoms with Crippen molar-refractivity contribution in [2.75, 3.05) is 30.3 Å². The van der Waals surface area contributed by atoms with Gasteiger partial charge in [0, 0.05) is 30.0 Å². The summed E-state index contributed by atoms with van der Waals surface area (Å²) >= 11 is 0. The molecule has 0 saturated heterocycles. The number of nitrogens with zero attached hydrogens (tertiary/aromatic N) is 1. The second-order valence-electron chi connectivity index (χ2n) is 7.26. The minimum atomic E-state index is -0.169. The fourth-order valence-electron chi connectivity index (χ4n) is 3.19. The number of anilines is 2. The fourth-order valence-corrected chi connectivity index (χ4v) is 3.19. The third-order valence-corrected chi connectivity index (χ3v) is 5.02. The largest absolute Gasteiger partial charge is 0.489 e. The highest BCUT2D eigenvalue weighted by Crippen LogP contribution is 2.17. The second-order valence-corrected chi connectivity index (χ2v) is 7.26. The van der Waals surface area contributed by atoms with Gasteiger partial charge >= 0.3 is 0 Å². The van der Waals surface area contributed by atoms with E-state index in [-0.39, 0.29) is 18.4 Å². The third-order valence-electron chi connectivity index (χ3n) is 5.02. The Bertz CT molecular complexity index is 999. The van der Waals surface area contributed by atoms with E-state index < -0.39 is 0 Å². The predicted molar refractivity (Wildman–Crippen MR) is 128 cm³/mol. The standard InChI is InChI=1S/C26H29N3O3/c1-3-29(4-2)26(31)21-10-12-23(13-11-21)28-25(30)18-27-22-14-16-24(17-15-22)32-19-20-8-6-5-7-9-20/h5-17,27H,3-4,18-19H2,1-2H3,(H,28,30). The number of nitrogens with one attached hydrogen (secondary N) is 2. The molecule has 6 heteroatoms. The molecule has 0 aromatic heterocycles. The Balaban J connectivity index is 1.45. The van der Waals surface area contributed by atoms with Gasteiger partial charge in [0.1, 0.15) is 12.4 Å². The average Bonchev–Trinajstić information content (AvgIpc) is 2.84. The molecule has 0 heterocycles. The summed E-state index contributed by atoms with van der Waals surface area (Å²) in [6.07, 6.45) is 0. The highest BCUT2D eigenvalue weighted by Gasteiger charge is 2.12. The van der Waals surface area contributed by atoms with Gasteiger partial charge in [0.25, 0.3) is 5.91 Å². The number of hydrogen-bond donors (Lipinski definition) is 2. The molecule has 0 radical (unpaired) electrons. The van der Waals surface area contributed by atoms with Crippen molar-refractivity contribution in [3.05, 3.63) is 90.0 Å². The van der Waals surface area contributed by atoms with Crippen LogP contribution in [0.3, 0.4) is 0 Å². The molecule has 0 aliphatic rings. The monoisotopic (exact) mass is 431 g/mol. The summed E-state index contributed by atoms with van der Waals surface area (Å²) in [5.74, 6) is 0.589. The minimum absolute atomic E-state index is 0.00858. The summed E-state index contributed by atoms with van der Waals surface area (Å²) in [7, 11) is 0. The zero-order valence-corrected chi connectivity index (χ0v) is 18.5. The van der Waals surface area contributed by atoms with E-state index in [1.807, 2.05) is 68.4 Å². The minimum Gasteiger partial charge on any atom is -0.489 e. The van der Waals surface area contributed by atoms with Crippen LogP contribution < -0.4 is 15.4 Å². The number of benzene rings is 3. The molecule has 0 saturated carbocycles. The Morgan fingerprint density at radius 2 is 1.44 bits per heavy atom. The lowest BCUT2D eigenvalue weighted by Gasteiger charge is -2.18. The number of hydrogen-bond acceptors (Lipinski definition) is 4. The van der Waals surface area contributed by atoms with Crippen LogP contribution in [0.2, 0.25) is 0 Å². The van der Waals surface area contributed by atoms with E-state index in [1.165, 1.54) is 0 Å². The zero-order chi connectivity index (χ0) is 22.8. The van der Waals surface area contributed by atoms with E-state index in [0.717, 1.165) is 17.0 Å². The van der Waals surface area contributed by atoms with Gasteiger partial charge in [-0.15, -0.1) is 0 Å². The summed E-state index contributed by atoms with van der Waals surface area (Å²) in [4.78, 5) is 26.4. The number of rotatable bonds is 10. The van der Waals surface area contributed by atoms with Gasteiger partial charge in [-0.3, -0.25) is 9.59 Å². The summed E-state index contributed by atoms with van der Waals surface area (Å²) in [5.41, 5.74) is 3.20. The van der Waals surface area contributed by atoms with E-state index in [1.54, 1.807) is 29.2 Å². The first-order valence-corrected chi connectivity index (χ1v) is 10.8. The molecule has 0 spiro atoms. The number of carbonyl (C=O) groups is 2. The van der Waals surface area contributed by atoms with Crippen molar-refractivity contribution >= 4 is 23.2 Å². The van der Waals surface area contributed by atoms with Gasteiger partial charge in [0.15, 0.2) is 0 Å². The number of carbonyl (C=O) groups excluding carboxylic acids is 2. The Morgan fingerprint density at radius 1 is 0.812 bits per heavy atom. The summed E-state index contributed by atoms with van der Waals surface area (Å²) in [6, 6.07) is 24.4. The van der Waals surface area contributed by atoms with Crippen molar-refractivity contribution in [1.29, 1.82) is 0 Å². The van der Waals surface area contributed by atoms with E-state index in [0.29, 0.717) is 30.9 Å². The zero-order valence-electron chi connectivity index (χ0n) is 18.5. The lowest BCUT2D eigenvalue weighted by molar-refractivity contribution is -0.114. The Morgan fingerprint density at radius 3 is 2.06 bits per heavy atom. The van der Waals surface area contributed by atoms with Crippen molar-refractivity contribution in [3.8, 4) is 5.75 Å². The molecule has 0 aliphatic carbocycles.